The van der Waals surface area contributed by atoms with Crippen LogP contribution in [0.1, 0.15) is 23.4 Å². The lowest BCUT2D eigenvalue weighted by Crippen LogP contribution is -2.00. The molecule has 0 fully saturated rings. The molecule has 0 aliphatic heterocycles. The van der Waals surface area contributed by atoms with Crippen molar-refractivity contribution in [1.82, 2.24) is 15.1 Å². The highest BCUT2D eigenvalue weighted by Crippen LogP contribution is 2.33. The van der Waals surface area contributed by atoms with Gasteiger partial charge in [0.05, 0.1) is 17.0 Å². The van der Waals surface area contributed by atoms with Crippen LogP contribution in [0.3, 0.4) is 0 Å². The van der Waals surface area contributed by atoms with Crippen LogP contribution in [0.25, 0.3) is 11.3 Å². The molecule has 1 aliphatic carbocycles. The van der Waals surface area contributed by atoms with Crippen molar-refractivity contribution in [3.05, 3.63) is 23.2 Å². The number of hydrogen-bond acceptors (Lipinski definition) is 5. The van der Waals surface area contributed by atoms with Gasteiger partial charge in [-0.1, -0.05) is 5.16 Å². The average Bonchev–Trinajstić information content (AvgIpc) is 2.53. The SMILES string of the molecule is Cc1noc2c1-c1nc(N)ncc1CCC2. The van der Waals surface area contributed by atoms with Gasteiger partial charge in [-0.15, -0.1) is 0 Å². The summed E-state index contributed by atoms with van der Waals surface area (Å²) in [6, 6.07) is 0. The second-order valence-corrected chi connectivity index (χ2v) is 4.02. The standard InChI is InChI=1S/C11H12N4O/c1-6-9-8(16-15-6)4-2-3-7-5-13-11(12)14-10(7)9/h5H,2-4H2,1H3,(H2,12,13,14). The van der Waals surface area contributed by atoms with Gasteiger partial charge in [0.2, 0.25) is 5.95 Å². The Labute approximate surface area is 92.7 Å². The molecule has 2 aromatic heterocycles. The fourth-order valence-electron chi connectivity index (χ4n) is 2.15. The van der Waals surface area contributed by atoms with Gasteiger partial charge in [0, 0.05) is 12.6 Å². The van der Waals surface area contributed by atoms with Gasteiger partial charge in [-0.2, -0.15) is 0 Å². The molecule has 0 unspecified atom stereocenters. The van der Waals surface area contributed by atoms with Gasteiger partial charge in [-0.25, -0.2) is 9.97 Å². The summed E-state index contributed by atoms with van der Waals surface area (Å²) >= 11 is 0. The molecule has 82 valence electrons. The van der Waals surface area contributed by atoms with Crippen LogP contribution in [-0.4, -0.2) is 15.1 Å². The third-order valence-corrected chi connectivity index (χ3v) is 2.90. The van der Waals surface area contributed by atoms with E-state index in [2.05, 4.69) is 15.1 Å². The molecule has 2 N–H and O–H groups in total. The predicted molar refractivity (Wildman–Crippen MR) is 58.7 cm³/mol. The highest BCUT2D eigenvalue weighted by atomic mass is 16.5. The Balaban J connectivity index is 2.30. The minimum Gasteiger partial charge on any atom is -0.368 e. The van der Waals surface area contributed by atoms with Gasteiger partial charge in [0.15, 0.2) is 0 Å². The Morgan fingerprint density at radius 2 is 2.25 bits per heavy atom. The molecule has 0 aromatic carbocycles. The van der Waals surface area contributed by atoms with Gasteiger partial charge in [-0.3, -0.25) is 0 Å². The summed E-state index contributed by atoms with van der Waals surface area (Å²) in [6.07, 6.45) is 4.69. The summed E-state index contributed by atoms with van der Waals surface area (Å²) in [4.78, 5) is 8.35. The van der Waals surface area contributed by atoms with Crippen molar-refractivity contribution in [3.8, 4) is 11.3 Å². The zero-order valence-corrected chi connectivity index (χ0v) is 9.03. The third kappa shape index (κ3) is 1.28. The number of hydrogen-bond donors (Lipinski definition) is 1. The molecule has 2 aromatic rings. The summed E-state index contributed by atoms with van der Waals surface area (Å²) in [5, 5.41) is 3.99. The van der Waals surface area contributed by atoms with Crippen LogP contribution in [0.5, 0.6) is 0 Å². The van der Waals surface area contributed by atoms with E-state index in [1.165, 1.54) is 0 Å². The lowest BCUT2D eigenvalue weighted by Gasteiger charge is -2.04. The molecular weight excluding hydrogens is 204 g/mol. The summed E-state index contributed by atoms with van der Waals surface area (Å²) < 4.78 is 5.31. The van der Waals surface area contributed by atoms with Gasteiger partial charge in [0.25, 0.3) is 0 Å². The van der Waals surface area contributed by atoms with E-state index >= 15 is 0 Å². The van der Waals surface area contributed by atoms with E-state index in [0.717, 1.165) is 47.5 Å². The van der Waals surface area contributed by atoms with Gasteiger partial charge < -0.3 is 10.3 Å². The van der Waals surface area contributed by atoms with Gasteiger partial charge in [-0.05, 0) is 25.3 Å². The van der Waals surface area contributed by atoms with E-state index < -0.39 is 0 Å². The number of aryl methyl sites for hydroxylation is 3. The van der Waals surface area contributed by atoms with Gasteiger partial charge in [0.1, 0.15) is 5.76 Å². The maximum Gasteiger partial charge on any atom is 0.220 e. The molecule has 16 heavy (non-hydrogen) atoms. The third-order valence-electron chi connectivity index (χ3n) is 2.90. The molecule has 2 heterocycles. The smallest absolute Gasteiger partial charge is 0.220 e. The average molecular weight is 216 g/mol. The number of nitrogens with two attached hydrogens (primary N) is 1. The molecule has 0 bridgehead atoms. The number of aromatic nitrogens is 3. The predicted octanol–water partition coefficient (Wildman–Crippen LogP) is 1.51. The number of anilines is 1. The zero-order valence-electron chi connectivity index (χ0n) is 9.03. The minimum atomic E-state index is 0.298. The zero-order chi connectivity index (χ0) is 11.1. The van der Waals surface area contributed by atoms with Crippen molar-refractivity contribution < 1.29 is 4.52 Å². The van der Waals surface area contributed by atoms with Crippen LogP contribution in [0.4, 0.5) is 5.95 Å². The molecule has 0 spiro atoms. The van der Waals surface area contributed by atoms with E-state index in [0.29, 0.717) is 5.95 Å². The lowest BCUT2D eigenvalue weighted by molar-refractivity contribution is 0.378. The molecule has 5 nitrogen and oxygen atoms in total. The van der Waals surface area contributed by atoms with E-state index in [1.807, 2.05) is 6.92 Å². The topological polar surface area (TPSA) is 77.8 Å². The monoisotopic (exact) mass is 216 g/mol. The molecule has 1 aliphatic rings. The van der Waals surface area contributed by atoms with E-state index in [-0.39, 0.29) is 0 Å². The Kier molecular flexibility index (Phi) is 1.92. The Hall–Kier alpha value is -1.91. The first-order valence-corrected chi connectivity index (χ1v) is 5.32. The van der Waals surface area contributed by atoms with E-state index in [4.69, 9.17) is 10.3 Å². The first-order valence-electron chi connectivity index (χ1n) is 5.32. The first kappa shape index (κ1) is 9.33. The molecule has 0 radical (unpaired) electrons. The first-order chi connectivity index (χ1) is 7.75. The minimum absolute atomic E-state index is 0.298. The second-order valence-electron chi connectivity index (χ2n) is 4.02. The summed E-state index contributed by atoms with van der Waals surface area (Å²) in [7, 11) is 0. The summed E-state index contributed by atoms with van der Waals surface area (Å²) in [5.41, 5.74) is 9.52. The second kappa shape index (κ2) is 3.30. The van der Waals surface area contributed by atoms with Crippen molar-refractivity contribution in [3.63, 3.8) is 0 Å². The van der Waals surface area contributed by atoms with Crippen LogP contribution in [0.2, 0.25) is 0 Å². The molecule has 3 rings (SSSR count). The van der Waals surface area contributed by atoms with E-state index in [9.17, 15) is 0 Å². The van der Waals surface area contributed by atoms with Crippen LogP contribution in [0, 0.1) is 6.92 Å². The molecule has 0 saturated heterocycles. The Morgan fingerprint density at radius 1 is 1.38 bits per heavy atom. The van der Waals surface area contributed by atoms with Crippen molar-refractivity contribution in [2.75, 3.05) is 5.73 Å². The Morgan fingerprint density at radius 3 is 3.12 bits per heavy atom. The number of rotatable bonds is 0. The van der Waals surface area contributed by atoms with E-state index in [1.54, 1.807) is 6.20 Å². The number of nitrogen functional groups attached to an aromatic ring is 1. The van der Waals surface area contributed by atoms with Crippen LogP contribution in [0.15, 0.2) is 10.7 Å². The van der Waals surface area contributed by atoms with Crippen molar-refractivity contribution in [2.45, 2.75) is 26.2 Å². The number of fused-ring (bicyclic) bond motifs is 3. The van der Waals surface area contributed by atoms with Crippen LogP contribution >= 0.6 is 0 Å². The summed E-state index contributed by atoms with van der Waals surface area (Å²) in [5.74, 6) is 1.21. The van der Waals surface area contributed by atoms with Crippen molar-refractivity contribution >= 4 is 5.95 Å². The molecule has 0 amide bonds. The Bertz CT molecular complexity index is 547. The quantitative estimate of drug-likeness (QED) is 0.722. The van der Waals surface area contributed by atoms with Crippen molar-refractivity contribution in [2.24, 2.45) is 0 Å². The molecular formula is C11H12N4O. The summed E-state index contributed by atoms with van der Waals surface area (Å²) in [6.45, 7) is 1.93. The maximum atomic E-state index is 5.64. The van der Waals surface area contributed by atoms with Crippen molar-refractivity contribution in [1.29, 1.82) is 0 Å². The fourth-order valence-corrected chi connectivity index (χ4v) is 2.15. The fraction of sp³-hybridized carbons (Fsp3) is 0.364. The molecule has 0 saturated carbocycles. The van der Waals surface area contributed by atoms with Gasteiger partial charge >= 0.3 is 0 Å². The van der Waals surface area contributed by atoms with Crippen LogP contribution < -0.4 is 5.73 Å². The normalized spacial score (nSPS) is 14.1. The largest absolute Gasteiger partial charge is 0.368 e. The molecule has 5 heteroatoms. The maximum absolute atomic E-state index is 5.64. The number of nitrogens with zero attached hydrogens (tertiary/aromatic N) is 3. The van der Waals surface area contributed by atoms with Crippen LogP contribution in [-0.2, 0) is 12.8 Å². The lowest BCUT2D eigenvalue weighted by atomic mass is 10.1. The highest BCUT2D eigenvalue weighted by molar-refractivity contribution is 5.68. The molecule has 0 atom stereocenters. The highest BCUT2D eigenvalue weighted by Gasteiger charge is 2.22.